The predicted octanol–water partition coefficient (Wildman–Crippen LogP) is 0.558. The Hall–Kier alpha value is -1.93. The molecule has 0 unspecified atom stereocenters. The Morgan fingerprint density at radius 3 is 2.58 bits per heavy atom. The second kappa shape index (κ2) is 5.37. The number of sulfonamides is 1. The second-order valence-corrected chi connectivity index (χ2v) is 5.57. The molecule has 7 nitrogen and oxygen atoms in total. The first-order chi connectivity index (χ1) is 9.06. The number of rotatable bonds is 5. The van der Waals surface area contributed by atoms with E-state index in [0.29, 0.717) is 12.2 Å². The summed E-state index contributed by atoms with van der Waals surface area (Å²) in [6.07, 6.45) is 5.68. The summed E-state index contributed by atoms with van der Waals surface area (Å²) in [7, 11) is -3.64. The Bertz CT molecular complexity index is 629. The van der Waals surface area contributed by atoms with Crippen molar-refractivity contribution in [3.63, 3.8) is 0 Å². The van der Waals surface area contributed by atoms with Crippen molar-refractivity contribution in [2.75, 3.05) is 4.72 Å². The van der Waals surface area contributed by atoms with Gasteiger partial charge in [0.25, 0.3) is 10.0 Å². The van der Waals surface area contributed by atoms with Gasteiger partial charge in [0.2, 0.25) is 0 Å². The van der Waals surface area contributed by atoms with Crippen LogP contribution in [0.2, 0.25) is 0 Å². The largest absolute Gasteiger partial charge is 0.349 e. The highest BCUT2D eigenvalue weighted by molar-refractivity contribution is 7.92. The maximum absolute atomic E-state index is 12.2. The molecule has 2 aromatic rings. The average Bonchev–Trinajstić information content (AvgIpc) is 2.83. The average molecular weight is 281 g/mol. The van der Waals surface area contributed by atoms with Crippen LogP contribution in [0.1, 0.15) is 12.6 Å². The van der Waals surface area contributed by atoms with Gasteiger partial charge in [0.15, 0.2) is 0 Å². The van der Waals surface area contributed by atoms with E-state index in [9.17, 15) is 8.42 Å². The lowest BCUT2D eigenvalue weighted by Gasteiger charge is -2.04. The van der Waals surface area contributed by atoms with Gasteiger partial charge in [-0.1, -0.05) is 0 Å². The van der Waals surface area contributed by atoms with Gasteiger partial charge < -0.3 is 10.3 Å². The summed E-state index contributed by atoms with van der Waals surface area (Å²) in [5.74, 6) is 0. The highest BCUT2D eigenvalue weighted by atomic mass is 32.2. The molecule has 19 heavy (non-hydrogen) atoms. The highest BCUT2D eigenvalue weighted by Crippen LogP contribution is 2.17. The van der Waals surface area contributed by atoms with E-state index in [-0.39, 0.29) is 11.4 Å². The molecular weight excluding hydrogens is 266 g/mol. The molecule has 8 heteroatoms. The van der Waals surface area contributed by atoms with Crippen molar-refractivity contribution < 1.29 is 8.42 Å². The number of aromatic nitrogens is 3. The van der Waals surface area contributed by atoms with Crippen molar-refractivity contribution in [1.82, 2.24) is 14.5 Å². The predicted molar refractivity (Wildman–Crippen MR) is 70.8 cm³/mol. The molecule has 2 heterocycles. The van der Waals surface area contributed by atoms with Crippen molar-refractivity contribution in [2.24, 2.45) is 5.73 Å². The molecule has 0 aliphatic rings. The molecule has 0 radical (unpaired) electrons. The van der Waals surface area contributed by atoms with Crippen LogP contribution in [-0.4, -0.2) is 23.0 Å². The highest BCUT2D eigenvalue weighted by Gasteiger charge is 2.18. The monoisotopic (exact) mass is 281 g/mol. The van der Waals surface area contributed by atoms with Crippen LogP contribution in [0.4, 0.5) is 5.69 Å². The number of nitrogens with one attached hydrogen (secondary N) is 1. The van der Waals surface area contributed by atoms with E-state index in [1.807, 2.05) is 6.92 Å². The summed E-state index contributed by atoms with van der Waals surface area (Å²) >= 11 is 0. The lowest BCUT2D eigenvalue weighted by molar-refractivity contribution is 0.600. The summed E-state index contributed by atoms with van der Waals surface area (Å²) in [6.45, 7) is 2.88. The number of anilines is 1. The lowest BCUT2D eigenvalue weighted by Crippen LogP contribution is -2.12. The molecule has 0 bridgehead atoms. The zero-order valence-electron chi connectivity index (χ0n) is 10.4. The molecule has 102 valence electrons. The first-order valence-corrected chi connectivity index (χ1v) is 7.22. The molecular formula is C11H15N5O2S. The molecule has 0 spiro atoms. The molecule has 0 aliphatic carbocycles. The fourth-order valence-corrected chi connectivity index (χ4v) is 2.80. The van der Waals surface area contributed by atoms with Crippen LogP contribution in [0.3, 0.4) is 0 Å². The van der Waals surface area contributed by atoms with Crippen molar-refractivity contribution in [3.05, 3.63) is 36.7 Å². The van der Waals surface area contributed by atoms with Crippen LogP contribution < -0.4 is 10.5 Å². The van der Waals surface area contributed by atoms with E-state index in [1.54, 1.807) is 16.8 Å². The third-order valence-corrected chi connectivity index (χ3v) is 3.98. The van der Waals surface area contributed by atoms with Gasteiger partial charge in [0.1, 0.15) is 11.2 Å². The lowest BCUT2D eigenvalue weighted by atomic mass is 10.4. The van der Waals surface area contributed by atoms with Gasteiger partial charge in [-0.2, -0.15) is 0 Å². The fourth-order valence-electron chi connectivity index (χ4n) is 1.70. The quantitative estimate of drug-likeness (QED) is 0.833. The first kappa shape index (κ1) is 13.5. The second-order valence-electron chi connectivity index (χ2n) is 3.89. The fraction of sp³-hybridized carbons (Fsp3) is 0.273. The third kappa shape index (κ3) is 2.91. The molecule has 0 amide bonds. The van der Waals surface area contributed by atoms with Gasteiger partial charge in [-0.15, -0.1) is 0 Å². The Labute approximate surface area is 111 Å². The third-order valence-electron chi connectivity index (χ3n) is 2.63. The van der Waals surface area contributed by atoms with E-state index in [2.05, 4.69) is 14.7 Å². The van der Waals surface area contributed by atoms with Gasteiger partial charge >= 0.3 is 0 Å². The van der Waals surface area contributed by atoms with Gasteiger partial charge in [-0.3, -0.25) is 4.72 Å². The number of aryl methyl sites for hydroxylation is 1. The summed E-state index contributed by atoms with van der Waals surface area (Å²) in [4.78, 5) is 7.69. The Kier molecular flexibility index (Phi) is 3.82. The first-order valence-electron chi connectivity index (χ1n) is 5.73. The molecule has 0 saturated carbocycles. The van der Waals surface area contributed by atoms with Crippen LogP contribution >= 0.6 is 0 Å². The van der Waals surface area contributed by atoms with Crippen LogP contribution in [-0.2, 0) is 23.1 Å². The van der Waals surface area contributed by atoms with Crippen LogP contribution in [0, 0.1) is 0 Å². The zero-order valence-corrected chi connectivity index (χ0v) is 11.3. The van der Waals surface area contributed by atoms with Gasteiger partial charge in [0.05, 0.1) is 18.1 Å². The molecule has 2 rings (SSSR count). The van der Waals surface area contributed by atoms with Gasteiger partial charge in [-0.05, 0) is 13.0 Å². The smallest absolute Gasteiger partial charge is 0.263 e. The molecule has 0 fully saturated rings. The van der Waals surface area contributed by atoms with Gasteiger partial charge in [-0.25, -0.2) is 18.4 Å². The zero-order chi connectivity index (χ0) is 13.9. The van der Waals surface area contributed by atoms with E-state index < -0.39 is 10.0 Å². The van der Waals surface area contributed by atoms with Crippen LogP contribution in [0.15, 0.2) is 35.9 Å². The summed E-state index contributed by atoms with van der Waals surface area (Å²) in [5, 5.41) is 0. The van der Waals surface area contributed by atoms with E-state index >= 15 is 0 Å². The normalized spacial score (nSPS) is 11.5. The molecule has 0 saturated heterocycles. The number of nitrogens with zero attached hydrogens (tertiary/aromatic N) is 3. The maximum atomic E-state index is 12.2. The minimum Gasteiger partial charge on any atom is -0.349 e. The number of hydrogen-bond donors (Lipinski definition) is 2. The minimum absolute atomic E-state index is 0.179. The topological polar surface area (TPSA) is 103 Å². The molecule has 2 aromatic heterocycles. The summed E-state index contributed by atoms with van der Waals surface area (Å²) in [5.41, 5.74) is 6.67. The maximum Gasteiger partial charge on any atom is 0.263 e. The van der Waals surface area contributed by atoms with Crippen LogP contribution in [0.5, 0.6) is 0 Å². The molecule has 0 atom stereocenters. The molecule has 0 aromatic carbocycles. The van der Waals surface area contributed by atoms with E-state index in [0.717, 1.165) is 5.69 Å². The van der Waals surface area contributed by atoms with Crippen molar-refractivity contribution >= 4 is 15.7 Å². The molecule has 3 N–H and O–H groups in total. The Morgan fingerprint density at radius 1 is 1.37 bits per heavy atom. The minimum atomic E-state index is -3.64. The summed E-state index contributed by atoms with van der Waals surface area (Å²) < 4.78 is 28.6. The molecule has 0 aliphatic heterocycles. The number of nitrogens with two attached hydrogens (primary N) is 1. The Balaban J connectivity index is 2.32. The van der Waals surface area contributed by atoms with E-state index in [4.69, 9.17) is 5.73 Å². The standard InChI is InChI=1S/C11H15N5O2S/c1-2-16-7-11(3-10(16)4-12)19(17,18)15-9-5-13-8-14-6-9/h3,5-8,15H,2,4,12H2,1H3. The Morgan fingerprint density at radius 2 is 2.05 bits per heavy atom. The van der Waals surface area contributed by atoms with Crippen LogP contribution in [0.25, 0.3) is 0 Å². The van der Waals surface area contributed by atoms with Gasteiger partial charge in [0, 0.05) is 25.0 Å². The SMILES string of the molecule is CCn1cc(S(=O)(=O)Nc2cncnc2)cc1CN. The number of hydrogen-bond acceptors (Lipinski definition) is 5. The van der Waals surface area contributed by atoms with E-state index in [1.165, 1.54) is 18.7 Å². The van der Waals surface area contributed by atoms with Crippen molar-refractivity contribution in [3.8, 4) is 0 Å². The summed E-state index contributed by atoms with van der Waals surface area (Å²) in [6, 6.07) is 1.57. The van der Waals surface area contributed by atoms with Crippen molar-refractivity contribution in [2.45, 2.75) is 24.9 Å². The van der Waals surface area contributed by atoms with Crippen molar-refractivity contribution in [1.29, 1.82) is 0 Å².